The molecule has 0 aliphatic carbocycles. The molecule has 7 nitrogen and oxygen atoms in total. The van der Waals surface area contributed by atoms with E-state index in [0.717, 1.165) is 6.26 Å². The number of rotatable bonds is 9. The molecule has 3 N–H and O–H groups in total. The predicted molar refractivity (Wildman–Crippen MR) is 109 cm³/mol. The second kappa shape index (κ2) is 12.5. The highest BCUT2D eigenvalue weighted by Crippen LogP contribution is 2.24. The Morgan fingerprint density at radius 2 is 2.00 bits per heavy atom. The van der Waals surface area contributed by atoms with Crippen LogP contribution >= 0.6 is 35.6 Å². The van der Waals surface area contributed by atoms with Gasteiger partial charge in [-0.2, -0.15) is 8.78 Å². The predicted octanol–water partition coefficient (Wildman–Crippen LogP) is 2.16. The fourth-order valence-corrected chi connectivity index (χ4v) is 2.56. The van der Waals surface area contributed by atoms with Gasteiger partial charge in [0.05, 0.1) is 6.26 Å². The molecule has 0 saturated carbocycles. The van der Waals surface area contributed by atoms with E-state index in [2.05, 4.69) is 25.1 Å². The van der Waals surface area contributed by atoms with Crippen molar-refractivity contribution in [3.63, 3.8) is 0 Å². The van der Waals surface area contributed by atoms with Crippen LogP contribution < -0.4 is 20.1 Å². The average Bonchev–Trinajstić information content (AvgIpc) is 2.50. The average molecular weight is 527 g/mol. The molecule has 26 heavy (non-hydrogen) atoms. The summed E-state index contributed by atoms with van der Waals surface area (Å²) in [6, 6.07) is 4.36. The van der Waals surface area contributed by atoms with Gasteiger partial charge < -0.3 is 15.4 Å². The minimum Gasteiger partial charge on any atom is -0.434 e. The van der Waals surface area contributed by atoms with Gasteiger partial charge in [0.15, 0.2) is 5.96 Å². The molecule has 150 valence electrons. The van der Waals surface area contributed by atoms with Gasteiger partial charge in [0.1, 0.15) is 5.75 Å². The maximum absolute atomic E-state index is 12.4. The highest BCUT2D eigenvalue weighted by molar-refractivity contribution is 14.0. The Hall–Kier alpha value is -0.920. The zero-order valence-electron chi connectivity index (χ0n) is 14.3. The van der Waals surface area contributed by atoms with E-state index in [1.807, 2.05) is 0 Å². The number of nitrogens with one attached hydrogen (secondary N) is 3. The van der Waals surface area contributed by atoms with Crippen LogP contribution in [0.3, 0.4) is 0 Å². The first-order chi connectivity index (χ1) is 11.7. The number of nitrogens with zero attached hydrogens (tertiary/aromatic N) is 1. The molecule has 0 saturated heterocycles. The third-order valence-electron chi connectivity index (χ3n) is 2.92. The molecule has 1 aromatic rings. The molecular formula is C14H22ClF2IN4O3S. The van der Waals surface area contributed by atoms with E-state index in [-0.39, 0.29) is 36.3 Å². The summed E-state index contributed by atoms with van der Waals surface area (Å²) < 4.78 is 53.6. The zero-order valence-corrected chi connectivity index (χ0v) is 18.2. The standard InChI is InChI=1S/C14H21ClF2N4O3S.HI/c1-18-14(19-6-3-7-21-25(2,22)23)20-9-10-8-11(15)4-5-12(10)24-13(16)17;/h4-5,8,13,21H,3,6-7,9H2,1-2H3,(H2,18,19,20);1H. The number of guanidine groups is 1. The molecule has 0 spiro atoms. The molecule has 0 atom stereocenters. The van der Waals surface area contributed by atoms with Gasteiger partial charge in [0.25, 0.3) is 0 Å². The van der Waals surface area contributed by atoms with Crippen LogP contribution in [0, 0.1) is 0 Å². The van der Waals surface area contributed by atoms with Crippen molar-refractivity contribution in [3.05, 3.63) is 28.8 Å². The molecule has 0 bridgehead atoms. The van der Waals surface area contributed by atoms with Gasteiger partial charge in [-0.3, -0.25) is 4.99 Å². The number of hydrogen-bond acceptors (Lipinski definition) is 4. The fraction of sp³-hybridized carbons (Fsp3) is 0.500. The molecule has 1 rings (SSSR count). The lowest BCUT2D eigenvalue weighted by Gasteiger charge is -2.15. The van der Waals surface area contributed by atoms with Gasteiger partial charge in [0.2, 0.25) is 10.0 Å². The number of ether oxygens (including phenoxy) is 1. The van der Waals surface area contributed by atoms with Gasteiger partial charge in [-0.05, 0) is 24.6 Å². The summed E-state index contributed by atoms with van der Waals surface area (Å²) in [5.41, 5.74) is 0.453. The molecule has 0 fully saturated rings. The number of alkyl halides is 2. The Morgan fingerprint density at radius 1 is 1.31 bits per heavy atom. The van der Waals surface area contributed by atoms with Crippen molar-refractivity contribution in [1.29, 1.82) is 0 Å². The third-order valence-corrected chi connectivity index (χ3v) is 3.88. The number of hydrogen-bond donors (Lipinski definition) is 3. The summed E-state index contributed by atoms with van der Waals surface area (Å²) in [6.45, 7) is -1.99. The number of benzene rings is 1. The summed E-state index contributed by atoms with van der Waals surface area (Å²) in [6.07, 6.45) is 1.63. The topological polar surface area (TPSA) is 91.8 Å². The summed E-state index contributed by atoms with van der Waals surface area (Å²) in [5, 5.41) is 6.33. The second-order valence-corrected chi connectivity index (χ2v) is 7.27. The minimum absolute atomic E-state index is 0. The van der Waals surface area contributed by atoms with Crippen LogP contribution in [-0.2, 0) is 16.6 Å². The van der Waals surface area contributed by atoms with Crippen LogP contribution in [0.15, 0.2) is 23.2 Å². The maximum atomic E-state index is 12.4. The van der Waals surface area contributed by atoms with E-state index in [1.165, 1.54) is 18.2 Å². The van der Waals surface area contributed by atoms with Crippen LogP contribution in [0.2, 0.25) is 5.02 Å². The lowest BCUT2D eigenvalue weighted by molar-refractivity contribution is -0.0504. The smallest absolute Gasteiger partial charge is 0.387 e. The van der Waals surface area contributed by atoms with Gasteiger partial charge in [-0.15, -0.1) is 24.0 Å². The quantitative estimate of drug-likeness (QED) is 0.199. The molecule has 1 aromatic carbocycles. The first-order valence-corrected chi connectivity index (χ1v) is 9.60. The van der Waals surface area contributed by atoms with E-state index >= 15 is 0 Å². The van der Waals surface area contributed by atoms with E-state index in [0.29, 0.717) is 36.1 Å². The Kier molecular flexibility index (Phi) is 12.0. The van der Waals surface area contributed by atoms with Crippen molar-refractivity contribution >= 4 is 51.6 Å². The van der Waals surface area contributed by atoms with Gasteiger partial charge in [-0.1, -0.05) is 11.6 Å². The molecule has 0 radical (unpaired) electrons. The lowest BCUT2D eigenvalue weighted by atomic mass is 10.2. The molecule has 0 aliphatic heterocycles. The molecule has 0 aromatic heterocycles. The van der Waals surface area contributed by atoms with E-state index in [4.69, 9.17) is 11.6 Å². The van der Waals surface area contributed by atoms with Crippen molar-refractivity contribution in [2.75, 3.05) is 26.4 Å². The normalized spacial score (nSPS) is 11.8. The molecule has 12 heteroatoms. The molecule has 0 unspecified atom stereocenters. The summed E-state index contributed by atoms with van der Waals surface area (Å²) in [5.74, 6) is 0.460. The first kappa shape index (κ1) is 25.1. The van der Waals surface area contributed by atoms with Crippen molar-refractivity contribution in [1.82, 2.24) is 15.4 Å². The molecular weight excluding hydrogens is 505 g/mol. The van der Waals surface area contributed by atoms with Gasteiger partial charge in [-0.25, -0.2) is 13.1 Å². The van der Waals surface area contributed by atoms with Crippen molar-refractivity contribution < 1.29 is 21.9 Å². The molecule has 0 amide bonds. The van der Waals surface area contributed by atoms with Crippen LogP contribution in [0.4, 0.5) is 8.78 Å². The van der Waals surface area contributed by atoms with Crippen LogP contribution in [0.25, 0.3) is 0 Å². The van der Waals surface area contributed by atoms with Crippen molar-refractivity contribution in [2.45, 2.75) is 19.6 Å². The van der Waals surface area contributed by atoms with Gasteiger partial charge in [0, 0.05) is 37.3 Å². The maximum Gasteiger partial charge on any atom is 0.387 e. The third kappa shape index (κ3) is 10.9. The van der Waals surface area contributed by atoms with Crippen molar-refractivity contribution in [3.8, 4) is 5.75 Å². The number of sulfonamides is 1. The highest BCUT2D eigenvalue weighted by atomic mass is 127. The van der Waals surface area contributed by atoms with Crippen LogP contribution in [0.1, 0.15) is 12.0 Å². The van der Waals surface area contributed by atoms with E-state index in [1.54, 1.807) is 7.05 Å². The zero-order chi connectivity index (χ0) is 18.9. The van der Waals surface area contributed by atoms with E-state index < -0.39 is 16.6 Å². The van der Waals surface area contributed by atoms with Crippen LogP contribution in [-0.4, -0.2) is 47.4 Å². The summed E-state index contributed by atoms with van der Waals surface area (Å²) in [4.78, 5) is 4.00. The highest BCUT2D eigenvalue weighted by Gasteiger charge is 2.11. The van der Waals surface area contributed by atoms with Gasteiger partial charge >= 0.3 is 6.61 Å². The molecule has 0 aliphatic rings. The monoisotopic (exact) mass is 526 g/mol. The largest absolute Gasteiger partial charge is 0.434 e. The lowest BCUT2D eigenvalue weighted by Crippen LogP contribution is -2.38. The Balaban J connectivity index is 0.00000625. The molecule has 0 heterocycles. The first-order valence-electron chi connectivity index (χ1n) is 7.33. The fourth-order valence-electron chi connectivity index (χ4n) is 1.85. The number of halogens is 4. The van der Waals surface area contributed by atoms with E-state index in [9.17, 15) is 17.2 Å². The Labute approximate surface area is 174 Å². The Morgan fingerprint density at radius 3 is 2.58 bits per heavy atom. The summed E-state index contributed by atoms with van der Waals surface area (Å²) >= 11 is 5.88. The van der Waals surface area contributed by atoms with Crippen LogP contribution in [0.5, 0.6) is 5.75 Å². The minimum atomic E-state index is -3.21. The second-order valence-electron chi connectivity index (χ2n) is 5.00. The van der Waals surface area contributed by atoms with Crippen molar-refractivity contribution in [2.24, 2.45) is 4.99 Å². The summed E-state index contributed by atoms with van der Waals surface area (Å²) in [7, 11) is -1.65. The number of aliphatic imine (C=N–C) groups is 1. The SMILES string of the molecule is CN=C(NCCCNS(C)(=O)=O)NCc1cc(Cl)ccc1OC(F)F.I. The Bertz CT molecular complexity index is 693.